The van der Waals surface area contributed by atoms with Gasteiger partial charge in [-0.05, 0) is 0 Å². The van der Waals surface area contributed by atoms with Crippen LogP contribution in [0.3, 0.4) is 0 Å². The summed E-state index contributed by atoms with van der Waals surface area (Å²) in [5.74, 6) is -4.88. The van der Waals surface area contributed by atoms with E-state index in [4.69, 9.17) is 47.7 Å². The predicted molar refractivity (Wildman–Crippen MR) is 182 cm³/mol. The second-order valence-corrected chi connectivity index (χ2v) is 15.8. The Morgan fingerprint density at radius 2 is 0.810 bits per heavy atom. The van der Waals surface area contributed by atoms with Crippen LogP contribution >= 0.6 is 0 Å². The summed E-state index contributed by atoms with van der Waals surface area (Å²) in [4.78, 5) is 45.3. The molecule has 32 nitrogen and oxygen atoms in total. The first-order valence-corrected chi connectivity index (χ1v) is 20.2. The molecule has 4 aliphatic heterocycles. The molecule has 360 valence electrons. The Morgan fingerprint density at radius 3 is 1.06 bits per heavy atom. The molecular weight excluding hydrogens is 931 g/mol. The van der Waals surface area contributed by atoms with E-state index >= 15 is 0 Å². The Balaban J connectivity index is 0.000000427. The molecule has 0 saturated carbocycles. The van der Waals surface area contributed by atoms with Crippen molar-refractivity contribution in [3.05, 3.63) is 0 Å². The minimum Gasteiger partial charge on any atom is -0.479 e. The third kappa shape index (κ3) is 15.5. The van der Waals surface area contributed by atoms with Gasteiger partial charge in [-0.2, -0.15) is 16.8 Å². The monoisotopic (exact) mass is 977 g/mol. The predicted octanol–water partition coefficient (Wildman–Crippen LogP) is -13.7. The van der Waals surface area contributed by atoms with Gasteiger partial charge >= 0.3 is 62.3 Å². The number of amides is 2. The molecule has 4 aliphatic rings. The van der Waals surface area contributed by atoms with Gasteiger partial charge in [-0.3, -0.25) is 18.7 Å². The number of carboxylic acid groups (broad SMARTS) is 2. The Hall–Kier alpha value is -2.02. The molecule has 16 N–H and O–H groups in total. The normalized spacial score (nSPS) is 40.9. The van der Waals surface area contributed by atoms with Crippen molar-refractivity contribution >= 4 is 44.6 Å². The Bertz CT molecular complexity index is 1660. The zero-order chi connectivity index (χ0) is 47.3. The number of carbonyl (C=O) groups is 4. The maximum Gasteiger partial charge on any atom is 1.00 e. The van der Waals surface area contributed by atoms with E-state index in [-0.39, 0.29) is 29.6 Å². The second kappa shape index (κ2) is 23.6. The molecule has 20 atom stereocenters. The maximum atomic E-state index is 11.5. The summed E-state index contributed by atoms with van der Waals surface area (Å²) in [6.45, 7) is 0.0696. The molecule has 0 aromatic carbocycles. The van der Waals surface area contributed by atoms with Crippen molar-refractivity contribution in [1.29, 1.82) is 0 Å². The molecule has 0 spiro atoms. The van der Waals surface area contributed by atoms with Crippen molar-refractivity contribution in [2.45, 2.75) is 137 Å². The standard InChI is InChI=1S/2C14H23NO15S.Na/c2*1-3(16)15-5-10(6(17)4(28-13(5)23)2-27-31(24,25)26)29-14-9(20)7(18)8(19)11(30-14)12(21)22;/h2*4-11,13-14,17-20,23H,2H2,1H3,(H,15,16)(H,21,22)(H,24,25,26);/q;;+1/t2*4-,5-,6-,7+,8+,9-,10-,11+,13+,14-;/m11./s1. The topological polar surface area (TPSA) is 518 Å². The quantitative estimate of drug-likeness (QED) is 0.0568. The van der Waals surface area contributed by atoms with Crippen LogP contribution in [-0.4, -0.2) is 247 Å². The fraction of sp³-hybridized carbons (Fsp3) is 0.857. The second-order valence-electron chi connectivity index (χ2n) is 13.7. The summed E-state index contributed by atoms with van der Waals surface area (Å²) < 4.78 is 99.1. The van der Waals surface area contributed by atoms with Gasteiger partial charge in [0.1, 0.15) is 85.3 Å². The smallest absolute Gasteiger partial charge is 0.479 e. The van der Waals surface area contributed by atoms with Gasteiger partial charge in [-0.1, -0.05) is 0 Å². The van der Waals surface area contributed by atoms with Crippen LogP contribution in [-0.2, 0) is 76.8 Å². The van der Waals surface area contributed by atoms with Gasteiger partial charge in [-0.15, -0.1) is 0 Å². The first-order chi connectivity index (χ1) is 28.4. The van der Waals surface area contributed by atoms with Crippen molar-refractivity contribution in [2.75, 3.05) is 13.2 Å². The Morgan fingerprint density at radius 1 is 0.508 bits per heavy atom. The number of rotatable bonds is 14. The van der Waals surface area contributed by atoms with E-state index in [1.54, 1.807) is 0 Å². The fourth-order valence-corrected chi connectivity index (χ4v) is 6.80. The zero-order valence-electron chi connectivity index (χ0n) is 32.6. The van der Waals surface area contributed by atoms with Crippen molar-refractivity contribution in [1.82, 2.24) is 10.6 Å². The van der Waals surface area contributed by atoms with Gasteiger partial charge in [0.25, 0.3) is 0 Å². The van der Waals surface area contributed by atoms with Crippen molar-refractivity contribution in [3.8, 4) is 0 Å². The van der Waals surface area contributed by atoms with Crippen molar-refractivity contribution in [3.63, 3.8) is 0 Å². The van der Waals surface area contributed by atoms with E-state index in [9.17, 15) is 87.1 Å². The van der Waals surface area contributed by atoms with Crippen LogP contribution in [0.2, 0.25) is 0 Å². The summed E-state index contributed by atoms with van der Waals surface area (Å²) in [7, 11) is -9.91. The van der Waals surface area contributed by atoms with Gasteiger partial charge in [0.15, 0.2) is 37.4 Å². The molecule has 4 heterocycles. The Kier molecular flexibility index (Phi) is 21.4. The van der Waals surface area contributed by atoms with E-state index in [1.807, 2.05) is 0 Å². The summed E-state index contributed by atoms with van der Waals surface area (Å²) in [6, 6.07) is -3.09. The van der Waals surface area contributed by atoms with Gasteiger partial charge in [-0.25, -0.2) is 18.0 Å². The largest absolute Gasteiger partial charge is 1.00 e. The van der Waals surface area contributed by atoms with E-state index < -0.39 is 180 Å². The average molecular weight is 978 g/mol. The van der Waals surface area contributed by atoms with Crippen LogP contribution in [0.15, 0.2) is 0 Å². The number of aliphatic carboxylic acids is 2. The summed E-state index contributed by atoms with van der Waals surface area (Å²) in [5.41, 5.74) is 0. The number of hydrogen-bond donors (Lipinski definition) is 16. The summed E-state index contributed by atoms with van der Waals surface area (Å²) in [6.07, 6.45) is -34.7. The molecule has 0 aliphatic carbocycles. The third-order valence-corrected chi connectivity index (χ3v) is 9.96. The first kappa shape index (κ1) is 57.1. The number of carboxylic acids is 2. The van der Waals surface area contributed by atoms with Gasteiger partial charge < -0.3 is 100 Å². The van der Waals surface area contributed by atoms with Crippen LogP contribution in [0.4, 0.5) is 0 Å². The van der Waals surface area contributed by atoms with Crippen LogP contribution in [0.25, 0.3) is 0 Å². The molecule has 0 radical (unpaired) electrons. The third-order valence-electron chi connectivity index (χ3n) is 9.10. The van der Waals surface area contributed by atoms with Crippen molar-refractivity contribution in [2.24, 2.45) is 0 Å². The number of carbonyl (C=O) groups excluding carboxylic acids is 2. The number of hydrogen-bond acceptors (Lipinski definition) is 26. The first-order valence-electron chi connectivity index (χ1n) is 17.4. The molecule has 0 aromatic heterocycles. The number of ether oxygens (including phenoxy) is 6. The molecular formula is C28H46N2NaO30S2+. The molecule has 4 saturated heterocycles. The summed E-state index contributed by atoms with van der Waals surface area (Å²) in [5, 5.41) is 123. The number of aliphatic hydroxyl groups is 10. The molecule has 35 heteroatoms. The molecule has 0 bridgehead atoms. The number of nitrogens with one attached hydrogen (secondary N) is 2. The van der Waals surface area contributed by atoms with E-state index in [0.29, 0.717) is 0 Å². The van der Waals surface area contributed by atoms with Crippen molar-refractivity contribution < 1.29 is 173 Å². The molecule has 0 unspecified atom stereocenters. The van der Waals surface area contributed by atoms with Gasteiger partial charge in [0.05, 0.1) is 13.2 Å². The SMILES string of the molecule is CC(=O)N[C@@H]1[C@@H](O[C@@H]2O[C@H](C(=O)O)[C@@H](O)[C@H](O)[C@H]2O)[C@H](O)[C@@H](COS(=O)(=O)O)O[C@@H]1O.CC(=O)N[C@@H]1[C@@H](O[C@@H]2O[C@H](C(=O)O)[C@@H](O)[C@H](O)[C@H]2O)[C@H](O)[C@@H](COS(=O)(=O)O)O[C@@H]1O.[Na+]. The Labute approximate surface area is 376 Å². The minimum absolute atomic E-state index is 0. The molecule has 4 rings (SSSR count). The minimum atomic E-state index is -4.95. The zero-order valence-corrected chi connectivity index (χ0v) is 36.2. The molecule has 63 heavy (non-hydrogen) atoms. The van der Waals surface area contributed by atoms with E-state index in [0.717, 1.165) is 13.8 Å². The van der Waals surface area contributed by atoms with Crippen LogP contribution in [0, 0.1) is 0 Å². The summed E-state index contributed by atoms with van der Waals surface area (Å²) >= 11 is 0. The number of aliphatic hydroxyl groups excluding tert-OH is 10. The van der Waals surface area contributed by atoms with E-state index in [2.05, 4.69) is 19.0 Å². The van der Waals surface area contributed by atoms with Gasteiger partial charge in [0.2, 0.25) is 11.8 Å². The van der Waals surface area contributed by atoms with Gasteiger partial charge in [0, 0.05) is 13.8 Å². The van der Waals surface area contributed by atoms with Crippen LogP contribution in [0.5, 0.6) is 0 Å². The average Bonchev–Trinajstić information content (AvgIpc) is 3.14. The van der Waals surface area contributed by atoms with Crippen LogP contribution in [0.1, 0.15) is 13.8 Å². The molecule has 4 fully saturated rings. The molecule has 0 aromatic rings. The molecule has 2 amide bonds. The fourth-order valence-electron chi connectivity index (χ4n) is 6.19. The maximum absolute atomic E-state index is 11.5. The van der Waals surface area contributed by atoms with Crippen LogP contribution < -0.4 is 40.2 Å². The van der Waals surface area contributed by atoms with E-state index in [1.165, 1.54) is 0 Å².